The molecule has 1 N–H and O–H groups in total. The third-order valence-electron chi connectivity index (χ3n) is 2.97. The molecule has 0 saturated carbocycles. The quantitative estimate of drug-likeness (QED) is 0.785. The van der Waals surface area contributed by atoms with Gasteiger partial charge in [-0.1, -0.05) is 12.2 Å². The Morgan fingerprint density at radius 3 is 2.87 bits per heavy atom. The Morgan fingerprint density at radius 1 is 1.40 bits per heavy atom. The van der Waals surface area contributed by atoms with Gasteiger partial charge in [0, 0.05) is 18.4 Å². The van der Waals surface area contributed by atoms with Gasteiger partial charge < -0.3 is 9.72 Å². The van der Waals surface area contributed by atoms with Crippen LogP contribution in [0, 0.1) is 4.64 Å². The monoisotopic (exact) mass is 224 g/mol. The van der Waals surface area contributed by atoms with Crippen LogP contribution in [0.1, 0.15) is 43.0 Å². The smallest absolute Gasteiger partial charge is 0.136 e. The molecule has 1 unspecified atom stereocenters. The molecule has 2 rings (SSSR count). The van der Waals surface area contributed by atoms with Gasteiger partial charge in [-0.25, -0.2) is 4.98 Å². The lowest BCUT2D eigenvalue weighted by molar-refractivity contribution is 0.111. The molecule has 4 heteroatoms. The highest BCUT2D eigenvalue weighted by molar-refractivity contribution is 7.71. The summed E-state index contributed by atoms with van der Waals surface area (Å²) in [6.45, 7) is 1.98. The lowest BCUT2D eigenvalue weighted by Crippen LogP contribution is -2.12. The summed E-state index contributed by atoms with van der Waals surface area (Å²) >= 11 is 5.31. The highest BCUT2D eigenvalue weighted by Gasteiger charge is 2.15. The Kier molecular flexibility index (Phi) is 3.17. The second-order valence-electron chi connectivity index (χ2n) is 3.97. The first kappa shape index (κ1) is 10.8. The highest BCUT2D eigenvalue weighted by Crippen LogP contribution is 2.22. The zero-order valence-corrected chi connectivity index (χ0v) is 9.99. The van der Waals surface area contributed by atoms with E-state index in [0.717, 1.165) is 23.3 Å². The number of fused-ring (bicyclic) bond motifs is 1. The van der Waals surface area contributed by atoms with Gasteiger partial charge >= 0.3 is 0 Å². The van der Waals surface area contributed by atoms with Crippen molar-refractivity contribution in [1.82, 2.24) is 9.97 Å². The van der Waals surface area contributed by atoms with Crippen molar-refractivity contribution >= 4 is 12.2 Å². The van der Waals surface area contributed by atoms with Crippen molar-refractivity contribution in [2.45, 2.75) is 38.7 Å². The van der Waals surface area contributed by atoms with Crippen LogP contribution in [0.15, 0.2) is 0 Å². The number of ether oxygens (including phenoxy) is 1. The van der Waals surface area contributed by atoms with Gasteiger partial charge in [0.05, 0.1) is 0 Å². The second kappa shape index (κ2) is 4.41. The van der Waals surface area contributed by atoms with Crippen LogP contribution in [0.25, 0.3) is 0 Å². The molecule has 0 aliphatic heterocycles. The van der Waals surface area contributed by atoms with Crippen LogP contribution in [0.3, 0.4) is 0 Å². The van der Waals surface area contributed by atoms with E-state index in [0.29, 0.717) is 0 Å². The normalized spacial score (nSPS) is 17.2. The summed E-state index contributed by atoms with van der Waals surface area (Å²) in [5.41, 5.74) is 2.50. The Balaban J connectivity index is 2.45. The fourth-order valence-corrected chi connectivity index (χ4v) is 2.27. The van der Waals surface area contributed by atoms with E-state index in [1.165, 1.54) is 24.1 Å². The first-order valence-electron chi connectivity index (χ1n) is 5.37. The molecular formula is C11H16N2OS. The number of nitrogens with one attached hydrogen (secondary N) is 1. The predicted octanol–water partition coefficient (Wildman–Crippen LogP) is 2.73. The Bertz CT molecular complexity index is 414. The van der Waals surface area contributed by atoms with Crippen molar-refractivity contribution in [2.75, 3.05) is 7.11 Å². The standard InChI is InChI=1S/C11H16N2OS/c1-7(14-2)10-12-9-6-4-3-5-8(9)11(15)13-10/h7H,3-6H2,1-2H3,(H,12,13,15). The van der Waals surface area contributed by atoms with Crippen LogP contribution < -0.4 is 0 Å². The first-order chi connectivity index (χ1) is 7.22. The van der Waals surface area contributed by atoms with Crippen molar-refractivity contribution in [2.24, 2.45) is 0 Å². The average Bonchev–Trinajstić information content (AvgIpc) is 2.28. The number of methoxy groups -OCH3 is 1. The number of rotatable bonds is 2. The minimum Gasteiger partial charge on any atom is -0.374 e. The summed E-state index contributed by atoms with van der Waals surface area (Å²) in [5.74, 6) is 0.850. The van der Waals surface area contributed by atoms with Crippen LogP contribution in [0.5, 0.6) is 0 Å². The first-order valence-corrected chi connectivity index (χ1v) is 5.78. The van der Waals surface area contributed by atoms with Gasteiger partial charge in [-0.05, 0) is 32.6 Å². The minimum atomic E-state index is -0.0149. The van der Waals surface area contributed by atoms with Crippen molar-refractivity contribution in [3.8, 4) is 0 Å². The van der Waals surface area contributed by atoms with Gasteiger partial charge in [-0.3, -0.25) is 0 Å². The lowest BCUT2D eigenvalue weighted by Gasteiger charge is -2.18. The summed E-state index contributed by atoms with van der Waals surface area (Å²) in [5, 5.41) is 0. The molecule has 1 aliphatic carbocycles. The third kappa shape index (κ3) is 2.11. The average molecular weight is 224 g/mol. The molecule has 0 radical (unpaired) electrons. The molecule has 0 spiro atoms. The molecule has 1 aromatic rings. The van der Waals surface area contributed by atoms with Crippen molar-refractivity contribution < 1.29 is 4.74 Å². The van der Waals surface area contributed by atoms with E-state index in [-0.39, 0.29) is 6.10 Å². The lowest BCUT2D eigenvalue weighted by atomic mass is 9.97. The molecule has 0 saturated heterocycles. The Labute approximate surface area is 94.9 Å². The fourth-order valence-electron chi connectivity index (χ4n) is 1.94. The molecular weight excluding hydrogens is 208 g/mol. The number of aryl methyl sites for hydroxylation is 1. The van der Waals surface area contributed by atoms with E-state index in [1.54, 1.807) is 7.11 Å². The Morgan fingerprint density at radius 2 is 2.13 bits per heavy atom. The number of aromatic amines is 1. The van der Waals surface area contributed by atoms with E-state index < -0.39 is 0 Å². The van der Waals surface area contributed by atoms with Gasteiger partial charge in [0.1, 0.15) is 16.6 Å². The molecule has 3 nitrogen and oxygen atoms in total. The maximum absolute atomic E-state index is 5.31. The van der Waals surface area contributed by atoms with Gasteiger partial charge in [-0.15, -0.1) is 0 Å². The van der Waals surface area contributed by atoms with E-state index in [4.69, 9.17) is 17.0 Å². The van der Waals surface area contributed by atoms with E-state index in [1.807, 2.05) is 6.92 Å². The van der Waals surface area contributed by atoms with Crippen LogP contribution in [-0.2, 0) is 17.6 Å². The summed E-state index contributed by atoms with van der Waals surface area (Å²) in [7, 11) is 1.68. The maximum Gasteiger partial charge on any atom is 0.136 e. The molecule has 1 heterocycles. The molecule has 15 heavy (non-hydrogen) atoms. The van der Waals surface area contributed by atoms with Crippen molar-refractivity contribution in [3.63, 3.8) is 0 Å². The van der Waals surface area contributed by atoms with Crippen molar-refractivity contribution in [3.05, 3.63) is 21.7 Å². The molecule has 82 valence electrons. The SMILES string of the molecule is COC(C)c1nc(=S)c2c([nH]1)CCCC2. The number of H-pyrrole nitrogens is 1. The number of hydrogen-bond donors (Lipinski definition) is 1. The van der Waals surface area contributed by atoms with Gasteiger partial charge in [-0.2, -0.15) is 0 Å². The van der Waals surface area contributed by atoms with Gasteiger partial charge in [0.25, 0.3) is 0 Å². The summed E-state index contributed by atoms with van der Waals surface area (Å²) in [6, 6.07) is 0. The molecule has 0 aromatic carbocycles. The summed E-state index contributed by atoms with van der Waals surface area (Å²) < 4.78 is 5.99. The zero-order valence-electron chi connectivity index (χ0n) is 9.17. The molecule has 1 aromatic heterocycles. The number of nitrogens with zero attached hydrogens (tertiary/aromatic N) is 1. The number of aromatic nitrogens is 2. The van der Waals surface area contributed by atoms with E-state index >= 15 is 0 Å². The van der Waals surface area contributed by atoms with Crippen LogP contribution in [-0.4, -0.2) is 17.1 Å². The van der Waals surface area contributed by atoms with Crippen molar-refractivity contribution in [1.29, 1.82) is 0 Å². The fraction of sp³-hybridized carbons (Fsp3) is 0.636. The topological polar surface area (TPSA) is 37.9 Å². The van der Waals surface area contributed by atoms with Crippen LogP contribution in [0.2, 0.25) is 0 Å². The van der Waals surface area contributed by atoms with E-state index in [2.05, 4.69) is 9.97 Å². The molecule has 1 atom stereocenters. The largest absolute Gasteiger partial charge is 0.374 e. The van der Waals surface area contributed by atoms with Gasteiger partial charge in [0.2, 0.25) is 0 Å². The second-order valence-corrected chi connectivity index (χ2v) is 4.36. The summed E-state index contributed by atoms with van der Waals surface area (Å²) in [4.78, 5) is 7.75. The molecule has 0 bridgehead atoms. The number of hydrogen-bond acceptors (Lipinski definition) is 3. The zero-order chi connectivity index (χ0) is 10.8. The van der Waals surface area contributed by atoms with Crippen LogP contribution in [0.4, 0.5) is 0 Å². The Hall–Kier alpha value is -0.740. The molecule has 1 aliphatic rings. The molecule has 0 fully saturated rings. The van der Waals surface area contributed by atoms with E-state index in [9.17, 15) is 0 Å². The summed E-state index contributed by atoms with van der Waals surface area (Å²) in [6.07, 6.45) is 4.61. The molecule has 0 amide bonds. The highest BCUT2D eigenvalue weighted by atomic mass is 32.1. The maximum atomic E-state index is 5.31. The minimum absolute atomic E-state index is 0.0149. The predicted molar refractivity (Wildman–Crippen MR) is 61.5 cm³/mol. The van der Waals surface area contributed by atoms with Crippen LogP contribution >= 0.6 is 12.2 Å². The third-order valence-corrected chi connectivity index (χ3v) is 3.30. The van der Waals surface area contributed by atoms with Gasteiger partial charge in [0.15, 0.2) is 0 Å².